The number of nitrogens with zero attached hydrogens (tertiary/aromatic N) is 1. The van der Waals surface area contributed by atoms with E-state index in [1.54, 1.807) is 6.07 Å². The first kappa shape index (κ1) is 8.35. The van der Waals surface area contributed by atoms with Crippen molar-refractivity contribution in [2.24, 2.45) is 0 Å². The fraction of sp³-hybridized carbons (Fsp3) is 0.833. The first-order chi connectivity index (χ1) is 4.12. The van der Waals surface area contributed by atoms with Crippen molar-refractivity contribution in [1.29, 1.82) is 5.26 Å². The number of nitriles is 1. The Kier molecular flexibility index (Phi) is 3.15. The molecule has 0 rings (SSSR count). The van der Waals surface area contributed by atoms with E-state index in [0.29, 0.717) is 0 Å². The summed E-state index contributed by atoms with van der Waals surface area (Å²) in [6.07, 6.45) is -0.532. The third kappa shape index (κ3) is 3.89. The van der Waals surface area contributed by atoms with Crippen LogP contribution < -0.4 is 0 Å². The van der Waals surface area contributed by atoms with Crippen molar-refractivity contribution in [1.82, 2.24) is 0 Å². The molecule has 0 amide bonds. The highest BCUT2D eigenvalue weighted by molar-refractivity contribution is 4.74. The molecule has 1 nitrogen and oxygen atoms in total. The van der Waals surface area contributed by atoms with Gasteiger partial charge in [-0.25, -0.2) is 8.78 Å². The standard InChI is InChI=1S/C6H9F2N/c1-2-6(7,8)4-3-5-9/h2-4H2,1H3. The monoisotopic (exact) mass is 133 g/mol. The average Bonchev–Trinajstić information content (AvgIpc) is 1.84. The van der Waals surface area contributed by atoms with Gasteiger partial charge in [-0.2, -0.15) is 5.26 Å². The molecule has 0 fully saturated rings. The molecule has 0 aliphatic heterocycles. The lowest BCUT2D eigenvalue weighted by atomic mass is 10.1. The molecule has 0 aromatic carbocycles. The fourth-order valence-electron chi connectivity index (χ4n) is 0.416. The Morgan fingerprint density at radius 3 is 2.44 bits per heavy atom. The van der Waals surface area contributed by atoms with Gasteiger partial charge >= 0.3 is 0 Å². The molecule has 0 unspecified atom stereocenters. The largest absolute Gasteiger partial charge is 0.248 e. The Morgan fingerprint density at radius 2 is 2.11 bits per heavy atom. The Bertz CT molecular complexity index is 115. The van der Waals surface area contributed by atoms with Crippen molar-refractivity contribution in [2.75, 3.05) is 0 Å². The molecular formula is C6H9F2N. The molecule has 0 bridgehead atoms. The SMILES string of the molecule is CCC(F)(F)CCC#N. The van der Waals surface area contributed by atoms with Crippen LogP contribution >= 0.6 is 0 Å². The summed E-state index contributed by atoms with van der Waals surface area (Å²) >= 11 is 0. The van der Waals surface area contributed by atoms with E-state index in [9.17, 15) is 8.78 Å². The molecule has 0 saturated carbocycles. The second-order valence-corrected chi connectivity index (χ2v) is 1.87. The van der Waals surface area contributed by atoms with Gasteiger partial charge in [-0.05, 0) is 0 Å². The third-order valence-electron chi connectivity index (χ3n) is 1.12. The minimum atomic E-state index is -2.63. The quantitative estimate of drug-likeness (QED) is 0.579. The molecule has 3 heteroatoms. The molecule has 0 radical (unpaired) electrons. The minimum absolute atomic E-state index is 0.0547. The van der Waals surface area contributed by atoms with Crippen molar-refractivity contribution in [2.45, 2.75) is 32.1 Å². The summed E-state index contributed by atoms with van der Waals surface area (Å²) < 4.78 is 24.4. The lowest BCUT2D eigenvalue weighted by molar-refractivity contribution is -0.00993. The summed E-state index contributed by atoms with van der Waals surface area (Å²) in [6.45, 7) is 1.41. The number of halogens is 2. The highest BCUT2D eigenvalue weighted by Crippen LogP contribution is 2.23. The summed E-state index contributed by atoms with van der Waals surface area (Å²) in [6, 6.07) is 1.68. The smallest absolute Gasteiger partial charge is 0.207 e. The maximum atomic E-state index is 12.2. The number of rotatable bonds is 3. The van der Waals surface area contributed by atoms with Crippen molar-refractivity contribution in [3.05, 3.63) is 0 Å². The number of hydrogen-bond acceptors (Lipinski definition) is 1. The zero-order valence-electron chi connectivity index (χ0n) is 5.32. The van der Waals surface area contributed by atoms with Crippen molar-refractivity contribution >= 4 is 0 Å². The number of hydrogen-bond donors (Lipinski definition) is 0. The molecule has 9 heavy (non-hydrogen) atoms. The Hall–Kier alpha value is -0.650. The normalized spacial score (nSPS) is 10.9. The predicted octanol–water partition coefficient (Wildman–Crippen LogP) is 2.34. The topological polar surface area (TPSA) is 23.8 Å². The van der Waals surface area contributed by atoms with E-state index in [1.165, 1.54) is 6.92 Å². The van der Waals surface area contributed by atoms with Gasteiger partial charge in [0.25, 0.3) is 0 Å². The van der Waals surface area contributed by atoms with Crippen LogP contribution in [0.4, 0.5) is 8.78 Å². The van der Waals surface area contributed by atoms with Crippen LogP contribution in [0.25, 0.3) is 0 Å². The highest BCUT2D eigenvalue weighted by atomic mass is 19.3. The molecule has 0 spiro atoms. The Balaban J connectivity index is 3.48. The minimum Gasteiger partial charge on any atom is -0.207 e. The van der Waals surface area contributed by atoms with Crippen LogP contribution in [0.15, 0.2) is 0 Å². The molecule has 0 aliphatic rings. The fourth-order valence-corrected chi connectivity index (χ4v) is 0.416. The van der Waals surface area contributed by atoms with E-state index < -0.39 is 5.92 Å². The molecule has 0 saturated heterocycles. The zero-order chi connectivity index (χ0) is 7.33. The van der Waals surface area contributed by atoms with Crippen LogP contribution in [-0.2, 0) is 0 Å². The molecule has 0 aliphatic carbocycles. The van der Waals surface area contributed by atoms with Crippen LogP contribution in [0.1, 0.15) is 26.2 Å². The second-order valence-electron chi connectivity index (χ2n) is 1.87. The Morgan fingerprint density at radius 1 is 1.56 bits per heavy atom. The maximum absolute atomic E-state index is 12.2. The first-order valence-corrected chi connectivity index (χ1v) is 2.87. The van der Waals surface area contributed by atoms with Crippen molar-refractivity contribution in [3.63, 3.8) is 0 Å². The molecular weight excluding hydrogens is 124 g/mol. The lowest BCUT2D eigenvalue weighted by Gasteiger charge is -2.09. The average molecular weight is 133 g/mol. The van der Waals surface area contributed by atoms with Gasteiger partial charge in [0.15, 0.2) is 0 Å². The third-order valence-corrected chi connectivity index (χ3v) is 1.12. The summed E-state index contributed by atoms with van der Waals surface area (Å²) in [5, 5.41) is 7.94. The van der Waals surface area contributed by atoms with Gasteiger partial charge in [-0.15, -0.1) is 0 Å². The molecule has 0 aromatic heterocycles. The van der Waals surface area contributed by atoms with Crippen LogP contribution in [-0.4, -0.2) is 5.92 Å². The van der Waals surface area contributed by atoms with Crippen molar-refractivity contribution in [3.8, 4) is 6.07 Å². The maximum Gasteiger partial charge on any atom is 0.248 e. The van der Waals surface area contributed by atoms with Crippen LogP contribution in [0.5, 0.6) is 0 Å². The summed E-state index contributed by atoms with van der Waals surface area (Å²) in [4.78, 5) is 0. The van der Waals surface area contributed by atoms with E-state index in [2.05, 4.69) is 0 Å². The Labute approximate surface area is 53.3 Å². The van der Waals surface area contributed by atoms with Crippen LogP contribution in [0, 0.1) is 11.3 Å². The van der Waals surface area contributed by atoms with E-state index >= 15 is 0 Å². The van der Waals surface area contributed by atoms with Gasteiger partial charge in [0, 0.05) is 19.3 Å². The summed E-state index contributed by atoms with van der Waals surface area (Å²) in [7, 11) is 0. The van der Waals surface area contributed by atoms with Crippen LogP contribution in [0.2, 0.25) is 0 Å². The molecule has 0 heterocycles. The van der Waals surface area contributed by atoms with E-state index in [0.717, 1.165) is 0 Å². The highest BCUT2D eigenvalue weighted by Gasteiger charge is 2.24. The zero-order valence-corrected chi connectivity index (χ0v) is 5.32. The lowest BCUT2D eigenvalue weighted by Crippen LogP contribution is -2.12. The van der Waals surface area contributed by atoms with E-state index in [4.69, 9.17) is 5.26 Å². The molecule has 0 aromatic rings. The molecule has 0 atom stereocenters. The number of alkyl halides is 2. The molecule has 0 N–H and O–H groups in total. The molecule has 52 valence electrons. The van der Waals surface area contributed by atoms with E-state index in [1.807, 2.05) is 0 Å². The first-order valence-electron chi connectivity index (χ1n) is 2.87. The predicted molar refractivity (Wildman–Crippen MR) is 30.1 cm³/mol. The van der Waals surface area contributed by atoms with Gasteiger partial charge in [0.1, 0.15) is 0 Å². The van der Waals surface area contributed by atoms with Gasteiger partial charge in [0.2, 0.25) is 5.92 Å². The van der Waals surface area contributed by atoms with Crippen LogP contribution in [0.3, 0.4) is 0 Å². The van der Waals surface area contributed by atoms with E-state index in [-0.39, 0.29) is 19.3 Å². The summed E-state index contributed by atoms with van der Waals surface area (Å²) in [5.74, 6) is -2.63. The van der Waals surface area contributed by atoms with Gasteiger partial charge in [0.05, 0.1) is 6.07 Å². The second kappa shape index (κ2) is 3.39. The summed E-state index contributed by atoms with van der Waals surface area (Å²) in [5.41, 5.74) is 0. The van der Waals surface area contributed by atoms with Gasteiger partial charge < -0.3 is 0 Å². The van der Waals surface area contributed by atoms with Gasteiger partial charge in [-0.3, -0.25) is 0 Å². The van der Waals surface area contributed by atoms with Gasteiger partial charge in [-0.1, -0.05) is 6.92 Å². The van der Waals surface area contributed by atoms with Crippen molar-refractivity contribution < 1.29 is 8.78 Å².